The molecule has 0 spiro atoms. The van der Waals surface area contributed by atoms with Gasteiger partial charge in [0, 0.05) is 11.8 Å². The highest BCUT2D eigenvalue weighted by Gasteiger charge is 2.13. The van der Waals surface area contributed by atoms with Crippen LogP contribution in [0.1, 0.15) is 16.1 Å². The Bertz CT molecular complexity index is 1060. The van der Waals surface area contributed by atoms with Gasteiger partial charge in [-0.1, -0.05) is 6.07 Å². The second-order valence-electron chi connectivity index (χ2n) is 5.80. The van der Waals surface area contributed by atoms with E-state index in [9.17, 15) is 18.4 Å². The lowest BCUT2D eigenvalue weighted by molar-refractivity contribution is -0.117. The molecule has 0 radical (unpaired) electrons. The van der Waals surface area contributed by atoms with Crippen LogP contribution in [0.5, 0.6) is 5.75 Å². The SMILES string of the molecule is COc1ccc(/C=C/C(=O)NNC(=O)c2cncn2-c2ccc(F)cc2)cc1F. The van der Waals surface area contributed by atoms with Gasteiger partial charge in [-0.15, -0.1) is 0 Å². The van der Waals surface area contributed by atoms with Gasteiger partial charge in [0.25, 0.3) is 11.8 Å². The van der Waals surface area contributed by atoms with E-state index in [2.05, 4.69) is 15.8 Å². The third-order valence-corrected chi connectivity index (χ3v) is 3.88. The summed E-state index contributed by atoms with van der Waals surface area (Å²) in [6.07, 6.45) is 5.22. The summed E-state index contributed by atoms with van der Waals surface area (Å²) < 4.78 is 33.0. The normalized spacial score (nSPS) is 10.7. The molecule has 0 aliphatic carbocycles. The van der Waals surface area contributed by atoms with Crippen molar-refractivity contribution < 1.29 is 23.1 Å². The van der Waals surface area contributed by atoms with E-state index >= 15 is 0 Å². The first-order valence-corrected chi connectivity index (χ1v) is 8.38. The first kappa shape index (κ1) is 19.7. The minimum Gasteiger partial charge on any atom is -0.494 e. The number of rotatable bonds is 5. The predicted octanol–water partition coefficient (Wildman–Crippen LogP) is 2.63. The number of aromatic nitrogens is 2. The minimum atomic E-state index is -0.623. The molecule has 0 saturated heterocycles. The zero-order chi connectivity index (χ0) is 20.8. The van der Waals surface area contributed by atoms with Crippen molar-refractivity contribution in [2.75, 3.05) is 7.11 Å². The van der Waals surface area contributed by atoms with Gasteiger partial charge in [-0.25, -0.2) is 13.8 Å². The summed E-state index contributed by atoms with van der Waals surface area (Å²) in [5.41, 5.74) is 5.58. The topological polar surface area (TPSA) is 85.2 Å². The standard InChI is InChI=1S/C20H16F2N4O3/c1-29-18-8-2-13(10-16(18)22)3-9-19(27)24-25-20(28)17-11-23-12-26(17)15-6-4-14(21)5-7-15/h2-12H,1H3,(H,24,27)(H,25,28)/b9-3+. The van der Waals surface area contributed by atoms with Crippen LogP contribution < -0.4 is 15.6 Å². The number of benzene rings is 2. The number of nitrogens with one attached hydrogen (secondary N) is 2. The Kier molecular flexibility index (Phi) is 5.98. The number of imidazole rings is 1. The van der Waals surface area contributed by atoms with Crippen LogP contribution in [0.4, 0.5) is 8.78 Å². The number of hydrazine groups is 1. The molecule has 2 aromatic carbocycles. The van der Waals surface area contributed by atoms with Crippen molar-refractivity contribution in [2.24, 2.45) is 0 Å². The summed E-state index contributed by atoms with van der Waals surface area (Å²) >= 11 is 0. The van der Waals surface area contributed by atoms with E-state index in [1.54, 1.807) is 6.07 Å². The van der Waals surface area contributed by atoms with Gasteiger partial charge in [-0.3, -0.25) is 25.0 Å². The molecule has 9 heteroatoms. The fourth-order valence-corrected chi connectivity index (χ4v) is 2.45. The molecule has 2 N–H and O–H groups in total. The lowest BCUT2D eigenvalue weighted by Crippen LogP contribution is -2.41. The number of carbonyl (C=O) groups is 2. The summed E-state index contributed by atoms with van der Waals surface area (Å²) in [6, 6.07) is 9.71. The highest BCUT2D eigenvalue weighted by Crippen LogP contribution is 2.18. The van der Waals surface area contributed by atoms with E-state index in [0.717, 1.165) is 6.08 Å². The van der Waals surface area contributed by atoms with Crippen LogP contribution >= 0.6 is 0 Å². The van der Waals surface area contributed by atoms with E-state index in [1.165, 1.54) is 66.7 Å². The second kappa shape index (κ2) is 8.79. The molecule has 0 bridgehead atoms. The zero-order valence-electron chi connectivity index (χ0n) is 15.2. The Morgan fingerprint density at radius 3 is 2.55 bits per heavy atom. The monoisotopic (exact) mass is 398 g/mol. The summed E-state index contributed by atoms with van der Waals surface area (Å²) in [7, 11) is 1.35. The van der Waals surface area contributed by atoms with Gasteiger partial charge >= 0.3 is 0 Å². The van der Waals surface area contributed by atoms with Crippen molar-refractivity contribution in [1.82, 2.24) is 20.4 Å². The van der Waals surface area contributed by atoms with Gasteiger partial charge in [0.2, 0.25) is 0 Å². The van der Waals surface area contributed by atoms with Crippen LogP contribution in [-0.2, 0) is 4.79 Å². The fraction of sp³-hybridized carbons (Fsp3) is 0.0500. The number of nitrogens with zero attached hydrogens (tertiary/aromatic N) is 2. The molecule has 7 nitrogen and oxygen atoms in total. The molecule has 1 aromatic heterocycles. The quantitative estimate of drug-likeness (QED) is 0.511. The number of methoxy groups -OCH3 is 1. The number of ether oxygens (including phenoxy) is 1. The Labute approximate surface area is 164 Å². The zero-order valence-corrected chi connectivity index (χ0v) is 15.2. The van der Waals surface area contributed by atoms with Crippen molar-refractivity contribution in [2.45, 2.75) is 0 Å². The molecular weight excluding hydrogens is 382 g/mol. The van der Waals surface area contributed by atoms with Crippen LogP contribution in [0.3, 0.4) is 0 Å². The maximum atomic E-state index is 13.6. The molecule has 1 heterocycles. The Morgan fingerprint density at radius 1 is 1.10 bits per heavy atom. The Morgan fingerprint density at radius 2 is 1.86 bits per heavy atom. The van der Waals surface area contributed by atoms with E-state index in [-0.39, 0.29) is 11.4 Å². The van der Waals surface area contributed by atoms with Crippen LogP contribution in [-0.4, -0.2) is 28.5 Å². The fourth-order valence-electron chi connectivity index (χ4n) is 2.45. The number of hydrogen-bond donors (Lipinski definition) is 2. The van der Waals surface area contributed by atoms with Crippen molar-refractivity contribution in [1.29, 1.82) is 0 Å². The number of carbonyl (C=O) groups excluding carboxylic acids is 2. The third-order valence-electron chi connectivity index (χ3n) is 3.88. The predicted molar refractivity (Wildman–Crippen MR) is 101 cm³/mol. The Hall–Kier alpha value is -4.01. The number of halogens is 2. The van der Waals surface area contributed by atoms with E-state index in [1.807, 2.05) is 0 Å². The highest BCUT2D eigenvalue weighted by molar-refractivity contribution is 5.97. The molecule has 29 heavy (non-hydrogen) atoms. The van der Waals surface area contributed by atoms with E-state index in [4.69, 9.17) is 4.74 Å². The Balaban J connectivity index is 1.61. The lowest BCUT2D eigenvalue weighted by Gasteiger charge is -2.09. The molecule has 0 saturated carbocycles. The average Bonchev–Trinajstić information content (AvgIpc) is 3.21. The largest absolute Gasteiger partial charge is 0.494 e. The number of amides is 2. The molecule has 0 fully saturated rings. The molecule has 148 valence electrons. The maximum Gasteiger partial charge on any atom is 0.288 e. The van der Waals surface area contributed by atoms with Crippen molar-refractivity contribution in [3.05, 3.63) is 84.0 Å². The second-order valence-corrected chi connectivity index (χ2v) is 5.80. The minimum absolute atomic E-state index is 0.0941. The number of hydrogen-bond acceptors (Lipinski definition) is 4. The first-order chi connectivity index (χ1) is 14.0. The molecule has 2 amide bonds. The van der Waals surface area contributed by atoms with Crippen LogP contribution in [0.2, 0.25) is 0 Å². The lowest BCUT2D eigenvalue weighted by atomic mass is 10.2. The van der Waals surface area contributed by atoms with Gasteiger partial charge in [-0.2, -0.15) is 0 Å². The van der Waals surface area contributed by atoms with E-state index < -0.39 is 23.4 Å². The van der Waals surface area contributed by atoms with Crippen molar-refractivity contribution in [3.8, 4) is 11.4 Å². The molecule has 3 aromatic rings. The van der Waals surface area contributed by atoms with Gasteiger partial charge < -0.3 is 4.74 Å². The van der Waals surface area contributed by atoms with Crippen molar-refractivity contribution >= 4 is 17.9 Å². The summed E-state index contributed by atoms with van der Waals surface area (Å²) in [6.45, 7) is 0. The molecule has 0 aliphatic rings. The molecule has 3 rings (SSSR count). The molecular formula is C20H16F2N4O3. The molecule has 0 aliphatic heterocycles. The van der Waals surface area contributed by atoms with Crippen molar-refractivity contribution in [3.63, 3.8) is 0 Å². The van der Waals surface area contributed by atoms with Crippen LogP contribution in [0, 0.1) is 11.6 Å². The first-order valence-electron chi connectivity index (χ1n) is 8.38. The summed E-state index contributed by atoms with van der Waals surface area (Å²) in [5.74, 6) is -2.11. The van der Waals surface area contributed by atoms with E-state index in [0.29, 0.717) is 11.3 Å². The van der Waals surface area contributed by atoms with Crippen LogP contribution in [0.25, 0.3) is 11.8 Å². The van der Waals surface area contributed by atoms with Crippen LogP contribution in [0.15, 0.2) is 61.1 Å². The smallest absolute Gasteiger partial charge is 0.288 e. The molecule has 0 unspecified atom stereocenters. The third kappa shape index (κ3) is 4.83. The highest BCUT2D eigenvalue weighted by atomic mass is 19.1. The average molecular weight is 398 g/mol. The van der Waals surface area contributed by atoms with Gasteiger partial charge in [0.15, 0.2) is 11.6 Å². The summed E-state index contributed by atoms with van der Waals surface area (Å²) in [4.78, 5) is 28.1. The summed E-state index contributed by atoms with van der Waals surface area (Å²) in [5, 5.41) is 0. The maximum absolute atomic E-state index is 13.6. The van der Waals surface area contributed by atoms with Gasteiger partial charge in [0.05, 0.1) is 19.6 Å². The van der Waals surface area contributed by atoms with Gasteiger partial charge in [0.1, 0.15) is 11.5 Å². The molecule has 0 atom stereocenters. The van der Waals surface area contributed by atoms with Gasteiger partial charge in [-0.05, 0) is 48.0 Å².